The standard InChI is InChI=1S/C15H8F5N3O4/c1-22-9(11(16)17)8(10(21-22)15(18,19)20)14(26)27-23-12(24)6-4-2-3-5-7(6)13(23)25/h2-5,11H,1H3. The van der Waals surface area contributed by atoms with Crippen molar-refractivity contribution in [2.24, 2.45) is 7.05 Å². The number of amides is 2. The first kappa shape index (κ1) is 18.5. The van der Waals surface area contributed by atoms with E-state index >= 15 is 0 Å². The van der Waals surface area contributed by atoms with Gasteiger partial charge in [0.25, 0.3) is 18.2 Å². The number of carbonyl (C=O) groups is 3. The van der Waals surface area contributed by atoms with Gasteiger partial charge in [-0.3, -0.25) is 14.3 Å². The molecule has 1 aliphatic rings. The Bertz CT molecular complexity index is 932. The molecule has 1 aromatic carbocycles. The SMILES string of the molecule is Cn1nc(C(F)(F)F)c(C(=O)ON2C(=O)c3ccccc3C2=O)c1C(F)F. The van der Waals surface area contributed by atoms with Crippen molar-refractivity contribution in [2.75, 3.05) is 0 Å². The van der Waals surface area contributed by atoms with E-state index in [1.807, 2.05) is 0 Å². The Labute approximate surface area is 146 Å². The van der Waals surface area contributed by atoms with Gasteiger partial charge in [0.1, 0.15) is 11.3 Å². The van der Waals surface area contributed by atoms with E-state index in [4.69, 9.17) is 0 Å². The van der Waals surface area contributed by atoms with Crippen LogP contribution in [0.15, 0.2) is 24.3 Å². The Morgan fingerprint density at radius 2 is 1.63 bits per heavy atom. The number of aryl methyl sites for hydroxylation is 1. The fourth-order valence-electron chi connectivity index (χ4n) is 2.57. The Morgan fingerprint density at radius 1 is 1.11 bits per heavy atom. The van der Waals surface area contributed by atoms with Gasteiger partial charge in [-0.15, -0.1) is 0 Å². The van der Waals surface area contributed by atoms with Gasteiger partial charge in [-0.25, -0.2) is 13.6 Å². The summed E-state index contributed by atoms with van der Waals surface area (Å²) in [7, 11) is 0.787. The summed E-state index contributed by atoms with van der Waals surface area (Å²) in [6, 6.07) is 5.29. The van der Waals surface area contributed by atoms with Gasteiger partial charge in [0, 0.05) is 7.05 Å². The molecule has 0 fully saturated rings. The van der Waals surface area contributed by atoms with Gasteiger partial charge in [0.15, 0.2) is 5.69 Å². The van der Waals surface area contributed by atoms with Crippen molar-refractivity contribution in [2.45, 2.75) is 12.6 Å². The minimum absolute atomic E-state index is 0.0740. The van der Waals surface area contributed by atoms with E-state index in [2.05, 4.69) is 9.94 Å². The second-order valence-corrected chi connectivity index (χ2v) is 5.36. The molecular formula is C15H8F5N3O4. The maximum Gasteiger partial charge on any atom is 0.436 e. The molecule has 27 heavy (non-hydrogen) atoms. The van der Waals surface area contributed by atoms with Gasteiger partial charge in [-0.2, -0.15) is 18.3 Å². The molecule has 1 aromatic heterocycles. The molecule has 0 aliphatic carbocycles. The van der Waals surface area contributed by atoms with Crippen LogP contribution in [0.25, 0.3) is 0 Å². The molecule has 0 unspecified atom stereocenters. The average Bonchev–Trinajstić information content (AvgIpc) is 3.06. The largest absolute Gasteiger partial charge is 0.436 e. The number of aromatic nitrogens is 2. The van der Waals surface area contributed by atoms with Crippen molar-refractivity contribution in [1.29, 1.82) is 0 Å². The Hall–Kier alpha value is -3.31. The molecule has 0 radical (unpaired) electrons. The zero-order chi connectivity index (χ0) is 20.1. The molecule has 0 spiro atoms. The van der Waals surface area contributed by atoms with E-state index in [-0.39, 0.29) is 20.9 Å². The molecule has 142 valence electrons. The lowest BCUT2D eigenvalue weighted by Crippen LogP contribution is -2.33. The highest BCUT2D eigenvalue weighted by Gasteiger charge is 2.46. The van der Waals surface area contributed by atoms with Crippen molar-refractivity contribution in [3.63, 3.8) is 0 Å². The van der Waals surface area contributed by atoms with Crippen LogP contribution in [0, 0.1) is 0 Å². The smallest absolute Gasteiger partial charge is 0.324 e. The predicted octanol–water partition coefficient (Wildman–Crippen LogP) is 2.74. The first-order valence-corrected chi connectivity index (χ1v) is 7.16. The van der Waals surface area contributed by atoms with Crippen molar-refractivity contribution < 1.29 is 41.2 Å². The van der Waals surface area contributed by atoms with Gasteiger partial charge in [0.05, 0.1) is 11.1 Å². The van der Waals surface area contributed by atoms with Crippen molar-refractivity contribution in [3.05, 3.63) is 52.3 Å². The summed E-state index contributed by atoms with van der Waals surface area (Å²) < 4.78 is 65.7. The second-order valence-electron chi connectivity index (χ2n) is 5.36. The summed E-state index contributed by atoms with van der Waals surface area (Å²) in [5, 5.41) is 2.82. The van der Waals surface area contributed by atoms with Crippen LogP contribution < -0.4 is 0 Å². The summed E-state index contributed by atoms with van der Waals surface area (Å²) >= 11 is 0. The molecule has 2 heterocycles. The molecule has 7 nitrogen and oxygen atoms in total. The first-order valence-electron chi connectivity index (χ1n) is 7.16. The average molecular weight is 389 g/mol. The summed E-state index contributed by atoms with van der Waals surface area (Å²) in [6.07, 6.45) is -8.75. The third-order valence-corrected chi connectivity index (χ3v) is 3.70. The fraction of sp³-hybridized carbons (Fsp3) is 0.200. The second kappa shape index (κ2) is 6.14. The van der Waals surface area contributed by atoms with E-state index in [1.165, 1.54) is 24.3 Å². The molecule has 0 saturated carbocycles. The summed E-state index contributed by atoms with van der Waals surface area (Å²) in [4.78, 5) is 40.9. The van der Waals surface area contributed by atoms with E-state index in [0.717, 1.165) is 7.05 Å². The first-order chi connectivity index (χ1) is 12.5. The van der Waals surface area contributed by atoms with Gasteiger partial charge < -0.3 is 4.84 Å². The lowest BCUT2D eigenvalue weighted by atomic mass is 10.1. The molecule has 2 aromatic rings. The third kappa shape index (κ3) is 2.92. The number of alkyl halides is 5. The van der Waals surface area contributed by atoms with E-state index in [0.29, 0.717) is 0 Å². The van der Waals surface area contributed by atoms with E-state index in [1.54, 1.807) is 0 Å². The van der Waals surface area contributed by atoms with Crippen molar-refractivity contribution in [1.82, 2.24) is 14.8 Å². The molecule has 0 bridgehead atoms. The number of nitrogens with zero attached hydrogens (tertiary/aromatic N) is 3. The monoisotopic (exact) mass is 389 g/mol. The molecule has 0 atom stereocenters. The highest BCUT2D eigenvalue weighted by Crippen LogP contribution is 2.36. The number of benzene rings is 1. The van der Waals surface area contributed by atoms with Gasteiger partial charge in [0.2, 0.25) is 0 Å². The third-order valence-electron chi connectivity index (χ3n) is 3.70. The number of hydrogen-bond acceptors (Lipinski definition) is 5. The fourth-order valence-corrected chi connectivity index (χ4v) is 2.57. The van der Waals surface area contributed by atoms with Crippen LogP contribution in [-0.2, 0) is 18.1 Å². The van der Waals surface area contributed by atoms with Crippen molar-refractivity contribution >= 4 is 17.8 Å². The number of halogens is 5. The number of fused-ring (bicyclic) bond motifs is 1. The van der Waals surface area contributed by atoms with Gasteiger partial charge in [-0.05, 0) is 12.1 Å². The van der Waals surface area contributed by atoms with Crippen LogP contribution in [0.4, 0.5) is 22.0 Å². The van der Waals surface area contributed by atoms with Crippen LogP contribution in [0.5, 0.6) is 0 Å². The van der Waals surface area contributed by atoms with E-state index < -0.39 is 47.3 Å². The molecule has 3 rings (SSSR count). The zero-order valence-corrected chi connectivity index (χ0v) is 13.3. The maximum absolute atomic E-state index is 13.1. The lowest BCUT2D eigenvalue weighted by molar-refractivity contribution is -0.142. The molecule has 2 amide bonds. The van der Waals surface area contributed by atoms with E-state index in [9.17, 15) is 36.3 Å². The Morgan fingerprint density at radius 3 is 2.07 bits per heavy atom. The number of rotatable bonds is 3. The molecule has 1 aliphatic heterocycles. The molecule has 0 N–H and O–H groups in total. The molecule has 0 saturated heterocycles. The minimum atomic E-state index is -5.25. The predicted molar refractivity (Wildman–Crippen MR) is 75.5 cm³/mol. The van der Waals surface area contributed by atoms with Crippen LogP contribution in [0.1, 0.15) is 48.9 Å². The van der Waals surface area contributed by atoms with Crippen LogP contribution in [0.3, 0.4) is 0 Å². The highest BCUT2D eigenvalue weighted by molar-refractivity contribution is 6.21. The maximum atomic E-state index is 13.1. The quantitative estimate of drug-likeness (QED) is 0.596. The normalized spacial score (nSPS) is 14.1. The highest BCUT2D eigenvalue weighted by atomic mass is 19.4. The zero-order valence-electron chi connectivity index (χ0n) is 13.3. The van der Waals surface area contributed by atoms with Crippen LogP contribution in [0.2, 0.25) is 0 Å². The van der Waals surface area contributed by atoms with Gasteiger partial charge >= 0.3 is 12.1 Å². The topological polar surface area (TPSA) is 81.5 Å². The minimum Gasteiger partial charge on any atom is -0.324 e. The summed E-state index contributed by atoms with van der Waals surface area (Å²) in [6.45, 7) is 0. The number of imide groups is 1. The lowest BCUT2D eigenvalue weighted by Gasteiger charge is -2.14. The van der Waals surface area contributed by atoms with Crippen molar-refractivity contribution in [3.8, 4) is 0 Å². The number of hydroxylamine groups is 2. The Balaban J connectivity index is 2.01. The van der Waals surface area contributed by atoms with Crippen LogP contribution >= 0.6 is 0 Å². The molecule has 12 heteroatoms. The summed E-state index contributed by atoms with van der Waals surface area (Å²) in [5.74, 6) is -4.18. The molecular weight excluding hydrogens is 381 g/mol. The van der Waals surface area contributed by atoms with Gasteiger partial charge in [-0.1, -0.05) is 17.2 Å². The number of carbonyl (C=O) groups excluding carboxylic acids is 3. The number of hydrogen-bond donors (Lipinski definition) is 0. The summed E-state index contributed by atoms with van der Waals surface area (Å²) in [5.41, 5.74) is -5.14. The van der Waals surface area contributed by atoms with Crippen LogP contribution in [-0.4, -0.2) is 32.6 Å². The Kier molecular flexibility index (Phi) is 4.20.